The average molecular weight is 339 g/mol. The number of carbonyl (C=O) groups is 2. The van der Waals surface area contributed by atoms with E-state index in [1.165, 1.54) is 11.8 Å². The van der Waals surface area contributed by atoms with Gasteiger partial charge < -0.3 is 4.90 Å². The highest BCUT2D eigenvalue weighted by Crippen LogP contribution is 2.33. The minimum absolute atomic E-state index is 0.0441. The molecule has 1 aliphatic rings. The van der Waals surface area contributed by atoms with E-state index in [4.69, 9.17) is 0 Å². The molecule has 3 rings (SSSR count). The Balaban J connectivity index is 1.93. The van der Waals surface area contributed by atoms with Gasteiger partial charge in [-0.05, 0) is 16.3 Å². The van der Waals surface area contributed by atoms with E-state index in [2.05, 4.69) is 18.2 Å². The lowest BCUT2D eigenvalue weighted by Gasteiger charge is -2.20. The normalized spacial score (nSPS) is 17.0. The molecule has 0 spiro atoms. The summed E-state index contributed by atoms with van der Waals surface area (Å²) in [5.41, 5.74) is 0.655. The van der Waals surface area contributed by atoms with Gasteiger partial charge in [-0.3, -0.25) is 9.59 Å². The molecular weight excluding hydrogens is 318 g/mol. The predicted molar refractivity (Wildman–Crippen MR) is 99.5 cm³/mol. The Kier molecular flexibility index (Phi) is 4.50. The van der Waals surface area contributed by atoms with Crippen LogP contribution in [-0.4, -0.2) is 22.3 Å². The molecular formula is C20H21NO2S. The van der Waals surface area contributed by atoms with Gasteiger partial charge in [-0.25, -0.2) is 0 Å². The van der Waals surface area contributed by atoms with Gasteiger partial charge in [-0.1, -0.05) is 75.0 Å². The molecule has 1 saturated heterocycles. The number of nitrogens with zero attached hydrogens (tertiary/aromatic N) is 1. The fourth-order valence-corrected chi connectivity index (χ4v) is 3.57. The fourth-order valence-electron chi connectivity index (χ4n) is 2.63. The smallest absolute Gasteiger partial charge is 0.238 e. The molecule has 24 heavy (non-hydrogen) atoms. The number of hydrogen-bond acceptors (Lipinski definition) is 3. The Hall–Kier alpha value is -2.07. The van der Waals surface area contributed by atoms with Crippen LogP contribution in [0, 0.1) is 5.41 Å². The second-order valence-corrected chi connectivity index (χ2v) is 8.00. The molecule has 124 valence electrons. The first-order valence-corrected chi connectivity index (χ1v) is 9.01. The summed E-state index contributed by atoms with van der Waals surface area (Å²) in [4.78, 5) is 26.4. The zero-order chi connectivity index (χ0) is 17.3. The summed E-state index contributed by atoms with van der Waals surface area (Å²) in [6.45, 7) is 6.17. The fraction of sp³-hybridized carbons (Fsp3) is 0.300. The predicted octanol–water partition coefficient (Wildman–Crippen LogP) is 4.37. The van der Waals surface area contributed by atoms with Crippen molar-refractivity contribution in [1.82, 2.24) is 4.90 Å². The topological polar surface area (TPSA) is 37.4 Å². The molecule has 2 aromatic carbocycles. The minimum atomic E-state index is -0.440. The summed E-state index contributed by atoms with van der Waals surface area (Å²) in [7, 11) is 0. The highest BCUT2D eigenvalue weighted by molar-refractivity contribution is 8.04. The SMILES string of the molecule is CC(C)(C)C(=O)/C=C1/SCC(=O)N1Cc1cccc2ccccc12. The summed E-state index contributed by atoms with van der Waals surface area (Å²) in [6.07, 6.45) is 1.63. The third-order valence-electron chi connectivity index (χ3n) is 4.11. The van der Waals surface area contributed by atoms with Crippen molar-refractivity contribution in [3.8, 4) is 0 Å². The number of rotatable bonds is 3. The molecule has 0 N–H and O–H groups in total. The van der Waals surface area contributed by atoms with Crippen molar-refractivity contribution in [3.63, 3.8) is 0 Å². The third kappa shape index (κ3) is 3.39. The Morgan fingerprint density at radius 2 is 1.88 bits per heavy atom. The van der Waals surface area contributed by atoms with Crippen LogP contribution in [-0.2, 0) is 16.1 Å². The number of hydrogen-bond donors (Lipinski definition) is 0. The van der Waals surface area contributed by atoms with Crippen LogP contribution in [0.3, 0.4) is 0 Å². The van der Waals surface area contributed by atoms with E-state index >= 15 is 0 Å². The summed E-state index contributed by atoms with van der Waals surface area (Å²) < 4.78 is 0. The van der Waals surface area contributed by atoms with Crippen LogP contribution in [0.5, 0.6) is 0 Å². The maximum atomic E-state index is 12.3. The van der Waals surface area contributed by atoms with Crippen molar-refractivity contribution in [2.75, 3.05) is 5.75 Å². The standard InChI is InChI=1S/C20H21NO2S/c1-20(2,3)17(22)11-19-21(18(23)13-24-19)12-15-9-6-8-14-7-4-5-10-16(14)15/h4-11H,12-13H2,1-3H3/b19-11+. The van der Waals surface area contributed by atoms with Crippen LogP contribution in [0.25, 0.3) is 10.8 Å². The zero-order valence-corrected chi connectivity index (χ0v) is 15.0. The van der Waals surface area contributed by atoms with Gasteiger partial charge in [0.25, 0.3) is 0 Å². The molecule has 0 radical (unpaired) electrons. The van der Waals surface area contributed by atoms with Gasteiger partial charge in [0.2, 0.25) is 5.91 Å². The van der Waals surface area contributed by atoms with Crippen LogP contribution in [0.1, 0.15) is 26.3 Å². The number of amides is 1. The Labute approximate surface area is 146 Å². The molecule has 1 amide bonds. The van der Waals surface area contributed by atoms with Gasteiger partial charge in [0, 0.05) is 11.5 Å². The molecule has 1 heterocycles. The van der Waals surface area contributed by atoms with E-state index in [0.29, 0.717) is 12.3 Å². The number of fused-ring (bicyclic) bond motifs is 1. The molecule has 2 aromatic rings. The Morgan fingerprint density at radius 3 is 2.62 bits per heavy atom. The molecule has 0 aliphatic carbocycles. The lowest BCUT2D eigenvalue weighted by Crippen LogP contribution is -2.26. The minimum Gasteiger partial charge on any atom is -0.301 e. The molecule has 1 aliphatic heterocycles. The number of ketones is 1. The first-order chi connectivity index (χ1) is 11.4. The highest BCUT2D eigenvalue weighted by Gasteiger charge is 2.29. The van der Waals surface area contributed by atoms with E-state index in [1.54, 1.807) is 11.0 Å². The second-order valence-electron chi connectivity index (χ2n) is 7.00. The van der Waals surface area contributed by atoms with E-state index in [9.17, 15) is 9.59 Å². The Morgan fingerprint density at radius 1 is 1.17 bits per heavy atom. The van der Waals surface area contributed by atoms with Crippen LogP contribution in [0.15, 0.2) is 53.6 Å². The summed E-state index contributed by atoms with van der Waals surface area (Å²) in [6, 6.07) is 14.3. The van der Waals surface area contributed by atoms with Crippen LogP contribution >= 0.6 is 11.8 Å². The first-order valence-electron chi connectivity index (χ1n) is 8.02. The van der Waals surface area contributed by atoms with Crippen molar-refractivity contribution in [1.29, 1.82) is 0 Å². The van der Waals surface area contributed by atoms with Gasteiger partial charge in [0.1, 0.15) is 0 Å². The van der Waals surface area contributed by atoms with Crippen LogP contribution in [0.4, 0.5) is 0 Å². The quantitative estimate of drug-likeness (QED) is 0.779. The van der Waals surface area contributed by atoms with Crippen molar-refractivity contribution >= 4 is 34.2 Å². The van der Waals surface area contributed by atoms with E-state index < -0.39 is 5.41 Å². The maximum absolute atomic E-state index is 12.3. The Bertz CT molecular complexity index is 828. The van der Waals surface area contributed by atoms with Crippen molar-refractivity contribution in [2.45, 2.75) is 27.3 Å². The maximum Gasteiger partial charge on any atom is 0.238 e. The third-order valence-corrected chi connectivity index (χ3v) is 5.14. The largest absolute Gasteiger partial charge is 0.301 e. The molecule has 4 heteroatoms. The monoisotopic (exact) mass is 339 g/mol. The number of allylic oxidation sites excluding steroid dienone is 1. The van der Waals surface area contributed by atoms with Gasteiger partial charge in [0.15, 0.2) is 5.78 Å². The summed E-state index contributed by atoms with van der Waals surface area (Å²) in [5, 5.41) is 3.06. The second kappa shape index (κ2) is 6.44. The lowest BCUT2D eigenvalue weighted by atomic mass is 9.91. The molecule has 0 unspecified atom stereocenters. The van der Waals surface area contributed by atoms with Gasteiger partial charge in [-0.15, -0.1) is 0 Å². The summed E-state index contributed by atoms with van der Waals surface area (Å²) in [5.74, 6) is 0.497. The molecule has 0 saturated carbocycles. The van der Waals surface area contributed by atoms with Crippen molar-refractivity contribution < 1.29 is 9.59 Å². The van der Waals surface area contributed by atoms with E-state index in [-0.39, 0.29) is 11.7 Å². The molecule has 3 nitrogen and oxygen atoms in total. The van der Waals surface area contributed by atoms with Gasteiger partial charge in [-0.2, -0.15) is 0 Å². The van der Waals surface area contributed by atoms with Gasteiger partial charge in [0.05, 0.1) is 17.3 Å². The van der Waals surface area contributed by atoms with Crippen molar-refractivity contribution in [2.24, 2.45) is 5.41 Å². The number of benzene rings is 2. The van der Waals surface area contributed by atoms with Crippen molar-refractivity contribution in [3.05, 3.63) is 59.1 Å². The van der Waals surface area contributed by atoms with E-state index in [0.717, 1.165) is 21.4 Å². The molecule has 0 bridgehead atoms. The molecule has 1 fully saturated rings. The number of carbonyl (C=O) groups excluding carboxylic acids is 2. The number of thioether (sulfide) groups is 1. The molecule has 0 aromatic heterocycles. The molecule has 0 atom stereocenters. The first kappa shape index (κ1) is 16.8. The van der Waals surface area contributed by atoms with Gasteiger partial charge >= 0.3 is 0 Å². The van der Waals surface area contributed by atoms with E-state index in [1.807, 2.05) is 45.0 Å². The zero-order valence-electron chi connectivity index (χ0n) is 14.2. The lowest BCUT2D eigenvalue weighted by molar-refractivity contribution is -0.125. The average Bonchev–Trinajstić information content (AvgIpc) is 2.87. The summed E-state index contributed by atoms with van der Waals surface area (Å²) >= 11 is 1.44. The highest BCUT2D eigenvalue weighted by atomic mass is 32.2. The van der Waals surface area contributed by atoms with Crippen LogP contribution < -0.4 is 0 Å². The van der Waals surface area contributed by atoms with Crippen LogP contribution in [0.2, 0.25) is 0 Å².